The summed E-state index contributed by atoms with van der Waals surface area (Å²) in [5.41, 5.74) is 0.471. The topological polar surface area (TPSA) is 89.2 Å². The van der Waals surface area contributed by atoms with Crippen LogP contribution in [0.15, 0.2) is 57.5 Å². The highest BCUT2D eigenvalue weighted by Crippen LogP contribution is 2.41. The number of para-hydroxylation sites is 1. The maximum absolute atomic E-state index is 13.5. The van der Waals surface area contributed by atoms with E-state index in [0.29, 0.717) is 36.3 Å². The van der Waals surface area contributed by atoms with Crippen LogP contribution in [-0.4, -0.2) is 48.1 Å². The van der Waals surface area contributed by atoms with Crippen molar-refractivity contribution in [2.24, 2.45) is 0 Å². The Balaban J connectivity index is 1.68. The van der Waals surface area contributed by atoms with Crippen LogP contribution in [0.1, 0.15) is 41.7 Å². The van der Waals surface area contributed by atoms with Gasteiger partial charge >= 0.3 is 0 Å². The van der Waals surface area contributed by atoms with Crippen LogP contribution >= 0.6 is 11.3 Å². The van der Waals surface area contributed by atoms with E-state index < -0.39 is 23.5 Å². The average Bonchev–Trinajstić information content (AvgIpc) is 3.50. The molecule has 3 aromatic rings. The van der Waals surface area contributed by atoms with Crippen molar-refractivity contribution < 1.29 is 28.6 Å². The van der Waals surface area contributed by atoms with Gasteiger partial charge in [-0.3, -0.25) is 9.59 Å². The number of amides is 1. The van der Waals surface area contributed by atoms with E-state index >= 15 is 0 Å². The first-order chi connectivity index (χ1) is 15.4. The van der Waals surface area contributed by atoms with Crippen molar-refractivity contribution in [3.8, 4) is 5.75 Å². The molecular formula is C24H25NO6S. The van der Waals surface area contributed by atoms with E-state index in [2.05, 4.69) is 0 Å². The van der Waals surface area contributed by atoms with E-state index in [1.165, 1.54) is 23.3 Å². The van der Waals surface area contributed by atoms with Gasteiger partial charge in [0.2, 0.25) is 5.78 Å². The molecule has 0 aliphatic carbocycles. The van der Waals surface area contributed by atoms with Crippen molar-refractivity contribution in [1.82, 2.24) is 4.90 Å². The lowest BCUT2D eigenvalue weighted by Gasteiger charge is -2.25. The molecule has 168 valence electrons. The summed E-state index contributed by atoms with van der Waals surface area (Å²) in [5.74, 6) is -1.07. The molecule has 1 amide bonds. The zero-order chi connectivity index (χ0) is 22.8. The van der Waals surface area contributed by atoms with E-state index in [1.807, 2.05) is 37.4 Å². The van der Waals surface area contributed by atoms with Gasteiger partial charge in [-0.1, -0.05) is 18.2 Å². The van der Waals surface area contributed by atoms with Gasteiger partial charge in [0.05, 0.1) is 24.8 Å². The number of methoxy groups -OCH3 is 1. The number of fused-ring (bicyclic) bond motifs is 1. The monoisotopic (exact) mass is 455 g/mol. The molecule has 0 bridgehead atoms. The largest absolute Gasteiger partial charge is 0.503 e. The fourth-order valence-corrected chi connectivity index (χ4v) is 4.70. The number of furan rings is 1. The van der Waals surface area contributed by atoms with E-state index in [0.717, 1.165) is 4.88 Å². The lowest BCUT2D eigenvalue weighted by atomic mass is 10.00. The Bertz CT molecular complexity index is 1160. The summed E-state index contributed by atoms with van der Waals surface area (Å²) in [4.78, 5) is 28.8. The van der Waals surface area contributed by atoms with Crippen LogP contribution < -0.4 is 4.74 Å². The molecule has 1 atom stereocenters. The van der Waals surface area contributed by atoms with Crippen molar-refractivity contribution in [3.63, 3.8) is 0 Å². The van der Waals surface area contributed by atoms with Crippen LogP contribution in [0.25, 0.3) is 11.0 Å². The van der Waals surface area contributed by atoms with Crippen LogP contribution in [0.2, 0.25) is 0 Å². The molecule has 1 aliphatic rings. The van der Waals surface area contributed by atoms with E-state index in [1.54, 1.807) is 18.2 Å². The second-order valence-corrected chi connectivity index (χ2v) is 8.75. The molecule has 1 N–H and O–H groups in total. The SMILES string of the molecule is COc1cccc2cc(C(=O)C3=C(O)C(=O)N(CCCOC(C)C)C3c3cccs3)oc12. The van der Waals surface area contributed by atoms with Crippen molar-refractivity contribution in [1.29, 1.82) is 0 Å². The number of carbonyl (C=O) groups is 2. The summed E-state index contributed by atoms with van der Waals surface area (Å²) < 4.78 is 16.7. The van der Waals surface area contributed by atoms with Gasteiger partial charge < -0.3 is 23.9 Å². The summed E-state index contributed by atoms with van der Waals surface area (Å²) in [6, 6.07) is 9.99. The second-order valence-electron chi connectivity index (χ2n) is 7.77. The number of carbonyl (C=O) groups excluding carboxylic acids is 2. The highest BCUT2D eigenvalue weighted by molar-refractivity contribution is 7.10. The van der Waals surface area contributed by atoms with Crippen molar-refractivity contribution in [2.75, 3.05) is 20.3 Å². The number of rotatable bonds is 9. The number of aliphatic hydroxyl groups excluding tert-OH is 1. The van der Waals surface area contributed by atoms with Crippen molar-refractivity contribution >= 4 is 34.0 Å². The zero-order valence-electron chi connectivity index (χ0n) is 18.2. The smallest absolute Gasteiger partial charge is 0.290 e. The molecule has 0 spiro atoms. The predicted molar refractivity (Wildman–Crippen MR) is 121 cm³/mol. The normalized spacial score (nSPS) is 16.6. The minimum atomic E-state index is -0.677. The second kappa shape index (κ2) is 9.18. The number of benzene rings is 1. The number of thiophene rings is 1. The molecule has 8 heteroatoms. The molecule has 0 radical (unpaired) electrons. The Morgan fingerprint density at radius 3 is 2.78 bits per heavy atom. The molecule has 3 heterocycles. The van der Waals surface area contributed by atoms with E-state index in [4.69, 9.17) is 13.9 Å². The molecule has 1 aromatic carbocycles. The third kappa shape index (κ3) is 4.03. The molecule has 2 aromatic heterocycles. The predicted octanol–water partition coefficient (Wildman–Crippen LogP) is 4.90. The van der Waals surface area contributed by atoms with Gasteiger partial charge in [-0.15, -0.1) is 11.3 Å². The number of hydrogen-bond donors (Lipinski definition) is 1. The standard InChI is InChI=1S/C24H25NO6S/c1-14(2)30-11-6-10-25-20(18-9-5-12-32-18)19(22(27)24(25)28)21(26)17-13-15-7-4-8-16(29-3)23(15)31-17/h4-5,7-9,12-14,20,27H,6,10-11H2,1-3H3. The maximum Gasteiger partial charge on any atom is 0.290 e. The average molecular weight is 456 g/mol. The highest BCUT2D eigenvalue weighted by atomic mass is 32.1. The molecule has 0 fully saturated rings. The van der Waals surface area contributed by atoms with Gasteiger partial charge in [0.25, 0.3) is 5.91 Å². The van der Waals surface area contributed by atoms with Gasteiger partial charge in [0.15, 0.2) is 22.9 Å². The van der Waals surface area contributed by atoms with Crippen LogP contribution in [0, 0.1) is 0 Å². The van der Waals surface area contributed by atoms with Crippen LogP contribution in [-0.2, 0) is 9.53 Å². The third-order valence-corrected chi connectivity index (χ3v) is 6.23. The number of ketones is 1. The first kappa shape index (κ1) is 22.1. The summed E-state index contributed by atoms with van der Waals surface area (Å²) in [7, 11) is 1.52. The first-order valence-corrected chi connectivity index (χ1v) is 11.3. The molecule has 32 heavy (non-hydrogen) atoms. The molecular weight excluding hydrogens is 430 g/mol. The van der Waals surface area contributed by atoms with E-state index in [9.17, 15) is 14.7 Å². The molecule has 1 aliphatic heterocycles. The Morgan fingerprint density at radius 1 is 1.28 bits per heavy atom. The number of nitrogens with zero attached hydrogens (tertiary/aromatic N) is 1. The zero-order valence-corrected chi connectivity index (χ0v) is 19.0. The molecule has 0 saturated heterocycles. The molecule has 1 unspecified atom stereocenters. The summed E-state index contributed by atoms with van der Waals surface area (Å²) in [6.07, 6.45) is 0.675. The number of ether oxygens (including phenoxy) is 2. The highest BCUT2D eigenvalue weighted by Gasteiger charge is 2.44. The van der Waals surface area contributed by atoms with Crippen LogP contribution in [0.5, 0.6) is 5.75 Å². The quantitative estimate of drug-likeness (QED) is 0.365. The van der Waals surface area contributed by atoms with E-state index in [-0.39, 0.29) is 17.4 Å². The van der Waals surface area contributed by atoms with Gasteiger partial charge in [-0.25, -0.2) is 0 Å². The Morgan fingerprint density at radius 2 is 2.09 bits per heavy atom. The van der Waals surface area contributed by atoms with Gasteiger partial charge in [-0.2, -0.15) is 0 Å². The molecule has 4 rings (SSSR count). The Labute approximate surface area is 189 Å². The summed E-state index contributed by atoms with van der Waals surface area (Å²) in [6.45, 7) is 4.72. The minimum Gasteiger partial charge on any atom is -0.503 e. The molecule has 7 nitrogen and oxygen atoms in total. The minimum absolute atomic E-state index is 0.0280. The number of hydrogen-bond acceptors (Lipinski definition) is 7. The summed E-state index contributed by atoms with van der Waals surface area (Å²) in [5, 5.41) is 13.3. The van der Waals surface area contributed by atoms with Gasteiger partial charge in [-0.05, 0) is 43.8 Å². The maximum atomic E-state index is 13.5. The third-order valence-electron chi connectivity index (χ3n) is 5.31. The van der Waals surface area contributed by atoms with Crippen LogP contribution in [0.3, 0.4) is 0 Å². The molecule has 0 saturated carbocycles. The lowest BCUT2D eigenvalue weighted by Crippen LogP contribution is -2.32. The fourth-order valence-electron chi connectivity index (χ4n) is 3.85. The first-order valence-electron chi connectivity index (χ1n) is 10.4. The van der Waals surface area contributed by atoms with Gasteiger partial charge in [0, 0.05) is 23.4 Å². The summed E-state index contributed by atoms with van der Waals surface area (Å²) >= 11 is 1.43. The van der Waals surface area contributed by atoms with Crippen molar-refractivity contribution in [3.05, 3.63) is 63.7 Å². The Kier molecular flexibility index (Phi) is 6.34. The number of Topliss-reactive ketones (excluding diaryl/α,β-unsaturated/α-hetero) is 1. The van der Waals surface area contributed by atoms with Crippen molar-refractivity contribution in [2.45, 2.75) is 32.4 Å². The van der Waals surface area contributed by atoms with Crippen LogP contribution in [0.4, 0.5) is 0 Å². The Hall–Kier alpha value is -3.10. The number of aliphatic hydroxyl groups is 1. The fraction of sp³-hybridized carbons (Fsp3) is 0.333. The van der Waals surface area contributed by atoms with Gasteiger partial charge in [0.1, 0.15) is 0 Å². The lowest BCUT2D eigenvalue weighted by molar-refractivity contribution is -0.129.